The fraction of sp³-hybridized carbons (Fsp3) is 0.714. The van der Waals surface area contributed by atoms with Gasteiger partial charge in [-0.2, -0.15) is 5.10 Å². The van der Waals surface area contributed by atoms with Crippen LogP contribution in [0.15, 0.2) is 6.07 Å². The van der Waals surface area contributed by atoms with E-state index in [2.05, 4.69) is 5.10 Å². The summed E-state index contributed by atoms with van der Waals surface area (Å²) in [5, 5.41) is 4.53. The van der Waals surface area contributed by atoms with Gasteiger partial charge in [-0.3, -0.25) is 9.48 Å². The number of amides is 1. The topological polar surface area (TPSA) is 38.1 Å². The molecule has 0 aromatic carbocycles. The van der Waals surface area contributed by atoms with E-state index in [1.54, 1.807) is 4.68 Å². The number of aromatic nitrogens is 2. The normalized spacial score (nSPS) is 18.6. The third-order valence-corrected chi connectivity index (χ3v) is 4.34. The lowest BCUT2D eigenvalue weighted by Crippen LogP contribution is -2.40. The maximum Gasteiger partial charge on any atom is 0.272 e. The predicted molar refractivity (Wildman–Crippen MR) is 76.5 cm³/mol. The number of hydrogen-bond acceptors (Lipinski definition) is 2. The summed E-state index contributed by atoms with van der Waals surface area (Å²) in [6, 6.07) is 1.90. The van der Waals surface area contributed by atoms with E-state index in [1.807, 2.05) is 31.9 Å². The summed E-state index contributed by atoms with van der Waals surface area (Å²) in [5.74, 6) is 0.624. The molecule has 4 nitrogen and oxygen atoms in total. The van der Waals surface area contributed by atoms with E-state index in [4.69, 9.17) is 11.6 Å². The first-order chi connectivity index (χ1) is 9.02. The minimum absolute atomic E-state index is 0.0929. The summed E-state index contributed by atoms with van der Waals surface area (Å²) in [7, 11) is 1.83. The van der Waals surface area contributed by atoms with Gasteiger partial charge >= 0.3 is 0 Å². The van der Waals surface area contributed by atoms with E-state index < -0.39 is 0 Å². The van der Waals surface area contributed by atoms with Crippen molar-refractivity contribution in [2.24, 2.45) is 13.0 Å². The number of halogens is 1. The van der Waals surface area contributed by atoms with Crippen LogP contribution in [-0.4, -0.2) is 39.1 Å². The summed E-state index contributed by atoms with van der Waals surface area (Å²) in [5.41, 5.74) is 1.66. The summed E-state index contributed by atoms with van der Waals surface area (Å²) < 4.78 is 1.69. The molecule has 1 atom stereocenters. The third kappa shape index (κ3) is 3.11. The molecular weight excluding hydrogens is 262 g/mol. The van der Waals surface area contributed by atoms with Crippen LogP contribution in [0.4, 0.5) is 0 Å². The first-order valence-electron chi connectivity index (χ1n) is 6.99. The SMILES string of the molecule is CCc1cc(C(=O)N2CCC(C(C)Cl)CC2)n(C)n1. The molecule has 1 aromatic rings. The Balaban J connectivity index is 2.03. The molecule has 0 radical (unpaired) electrons. The molecule has 1 aliphatic rings. The molecule has 1 unspecified atom stereocenters. The maximum atomic E-state index is 12.5. The van der Waals surface area contributed by atoms with Crippen LogP contribution in [0.2, 0.25) is 0 Å². The Hall–Kier alpha value is -1.03. The van der Waals surface area contributed by atoms with E-state index >= 15 is 0 Å². The number of piperidine rings is 1. The van der Waals surface area contributed by atoms with Crippen molar-refractivity contribution in [3.05, 3.63) is 17.5 Å². The fourth-order valence-corrected chi connectivity index (χ4v) is 2.88. The molecule has 0 bridgehead atoms. The monoisotopic (exact) mass is 283 g/mol. The molecular formula is C14H22ClN3O. The lowest BCUT2D eigenvalue weighted by molar-refractivity contribution is 0.0679. The van der Waals surface area contributed by atoms with Gasteiger partial charge in [-0.1, -0.05) is 6.92 Å². The Morgan fingerprint density at radius 2 is 2.16 bits per heavy atom. The van der Waals surface area contributed by atoms with E-state index in [0.29, 0.717) is 11.6 Å². The first-order valence-corrected chi connectivity index (χ1v) is 7.42. The molecule has 1 saturated heterocycles. The van der Waals surface area contributed by atoms with Gasteiger partial charge in [-0.05, 0) is 38.2 Å². The second-order valence-corrected chi connectivity index (χ2v) is 5.99. The van der Waals surface area contributed by atoms with Crippen LogP contribution >= 0.6 is 11.6 Å². The molecule has 1 aliphatic heterocycles. The molecule has 0 spiro atoms. The molecule has 106 valence electrons. The Morgan fingerprint density at radius 1 is 1.53 bits per heavy atom. The smallest absolute Gasteiger partial charge is 0.272 e. The van der Waals surface area contributed by atoms with Crippen LogP contribution in [0, 0.1) is 5.92 Å². The van der Waals surface area contributed by atoms with Crippen molar-refractivity contribution in [1.82, 2.24) is 14.7 Å². The number of alkyl halides is 1. The Kier molecular flexibility index (Phi) is 4.50. The first kappa shape index (κ1) is 14.4. The highest BCUT2D eigenvalue weighted by Crippen LogP contribution is 2.24. The molecule has 1 fully saturated rings. The van der Waals surface area contributed by atoms with Crippen molar-refractivity contribution in [3.8, 4) is 0 Å². The molecule has 19 heavy (non-hydrogen) atoms. The van der Waals surface area contributed by atoms with Crippen LogP contribution in [0.25, 0.3) is 0 Å². The van der Waals surface area contributed by atoms with Crippen molar-refractivity contribution >= 4 is 17.5 Å². The zero-order valence-corrected chi connectivity index (χ0v) is 12.7. The van der Waals surface area contributed by atoms with Gasteiger partial charge in [0.15, 0.2) is 0 Å². The second kappa shape index (κ2) is 5.95. The van der Waals surface area contributed by atoms with Crippen LogP contribution in [0.3, 0.4) is 0 Å². The molecule has 1 aromatic heterocycles. The zero-order valence-electron chi connectivity index (χ0n) is 11.9. The van der Waals surface area contributed by atoms with Crippen molar-refractivity contribution in [2.45, 2.75) is 38.5 Å². The predicted octanol–water partition coefficient (Wildman–Crippen LogP) is 2.46. The quantitative estimate of drug-likeness (QED) is 0.799. The Morgan fingerprint density at radius 3 is 2.63 bits per heavy atom. The van der Waals surface area contributed by atoms with Crippen LogP contribution in [0.5, 0.6) is 0 Å². The van der Waals surface area contributed by atoms with Gasteiger partial charge in [0.25, 0.3) is 5.91 Å². The standard InChI is InChI=1S/C14H22ClN3O/c1-4-12-9-13(17(3)16-12)14(19)18-7-5-11(6-8-18)10(2)15/h9-11H,4-8H2,1-3H3. The number of rotatable bonds is 3. The highest BCUT2D eigenvalue weighted by Gasteiger charge is 2.27. The van der Waals surface area contributed by atoms with Gasteiger partial charge in [0.1, 0.15) is 5.69 Å². The lowest BCUT2D eigenvalue weighted by atomic mass is 9.94. The van der Waals surface area contributed by atoms with Crippen molar-refractivity contribution in [3.63, 3.8) is 0 Å². The van der Waals surface area contributed by atoms with Crippen LogP contribution in [-0.2, 0) is 13.5 Å². The summed E-state index contributed by atoms with van der Waals surface area (Å²) in [6.07, 6.45) is 2.84. The summed E-state index contributed by atoms with van der Waals surface area (Å²) >= 11 is 6.13. The van der Waals surface area contributed by atoms with Gasteiger partial charge in [-0.15, -0.1) is 11.6 Å². The molecule has 0 N–H and O–H groups in total. The number of likely N-dealkylation sites (tertiary alicyclic amines) is 1. The molecule has 1 amide bonds. The highest BCUT2D eigenvalue weighted by molar-refractivity contribution is 6.20. The summed E-state index contributed by atoms with van der Waals surface area (Å²) in [4.78, 5) is 14.4. The summed E-state index contributed by atoms with van der Waals surface area (Å²) in [6.45, 7) is 5.68. The second-order valence-electron chi connectivity index (χ2n) is 5.31. The highest BCUT2D eigenvalue weighted by atomic mass is 35.5. The lowest BCUT2D eigenvalue weighted by Gasteiger charge is -2.33. The van der Waals surface area contributed by atoms with Gasteiger partial charge in [0.05, 0.1) is 5.69 Å². The average molecular weight is 284 g/mol. The largest absolute Gasteiger partial charge is 0.337 e. The van der Waals surface area contributed by atoms with Gasteiger partial charge < -0.3 is 4.90 Å². The molecule has 2 heterocycles. The van der Waals surface area contributed by atoms with Crippen LogP contribution in [0.1, 0.15) is 42.9 Å². The maximum absolute atomic E-state index is 12.5. The van der Waals surface area contributed by atoms with Crippen molar-refractivity contribution in [2.75, 3.05) is 13.1 Å². The number of carbonyl (C=O) groups excluding carboxylic acids is 1. The molecule has 0 saturated carbocycles. The third-order valence-electron chi connectivity index (χ3n) is 3.99. The molecule has 0 aliphatic carbocycles. The zero-order chi connectivity index (χ0) is 14.0. The van der Waals surface area contributed by atoms with Crippen molar-refractivity contribution in [1.29, 1.82) is 0 Å². The van der Waals surface area contributed by atoms with Gasteiger partial charge in [-0.25, -0.2) is 0 Å². The number of aryl methyl sites for hydroxylation is 2. The number of hydrogen-bond donors (Lipinski definition) is 0. The van der Waals surface area contributed by atoms with E-state index in [0.717, 1.165) is 38.0 Å². The number of carbonyl (C=O) groups is 1. The Labute approximate surface area is 119 Å². The van der Waals surface area contributed by atoms with Crippen LogP contribution < -0.4 is 0 Å². The minimum atomic E-state index is 0.0929. The van der Waals surface area contributed by atoms with E-state index in [-0.39, 0.29) is 11.3 Å². The fourth-order valence-electron chi connectivity index (χ4n) is 2.62. The van der Waals surface area contributed by atoms with Gasteiger partial charge in [0, 0.05) is 25.5 Å². The molecule has 2 rings (SSSR count). The van der Waals surface area contributed by atoms with Gasteiger partial charge in [0.2, 0.25) is 0 Å². The minimum Gasteiger partial charge on any atom is -0.337 e. The Bertz CT molecular complexity index is 448. The number of nitrogens with zero attached hydrogens (tertiary/aromatic N) is 3. The van der Waals surface area contributed by atoms with E-state index in [9.17, 15) is 4.79 Å². The molecule has 5 heteroatoms. The van der Waals surface area contributed by atoms with Crippen molar-refractivity contribution < 1.29 is 4.79 Å². The average Bonchev–Trinajstić information content (AvgIpc) is 2.79. The van der Waals surface area contributed by atoms with E-state index in [1.165, 1.54) is 0 Å².